The summed E-state index contributed by atoms with van der Waals surface area (Å²) in [4.78, 5) is 2.78. The molecule has 1 heterocycles. The van der Waals surface area contributed by atoms with Crippen molar-refractivity contribution >= 4 is 0 Å². The van der Waals surface area contributed by atoms with Crippen molar-refractivity contribution in [3.05, 3.63) is 0 Å². The van der Waals surface area contributed by atoms with E-state index in [-0.39, 0.29) is 0 Å². The molecule has 1 saturated carbocycles. The Kier molecular flexibility index (Phi) is 5.30. The molecule has 2 aliphatic rings. The van der Waals surface area contributed by atoms with Gasteiger partial charge in [-0.1, -0.05) is 33.1 Å². The Hall–Kier alpha value is -0.0800. The Labute approximate surface area is 107 Å². The SMILES string of the molecule is CC(C)CNCC1CCN(C2CCCCC2)C1. The Balaban J connectivity index is 1.64. The first-order valence-electron chi connectivity index (χ1n) is 7.70. The molecule has 2 fully saturated rings. The first-order chi connectivity index (χ1) is 8.25. The van der Waals surface area contributed by atoms with Gasteiger partial charge in [0.15, 0.2) is 0 Å². The summed E-state index contributed by atoms with van der Waals surface area (Å²) < 4.78 is 0. The highest BCUT2D eigenvalue weighted by Gasteiger charge is 2.28. The van der Waals surface area contributed by atoms with E-state index in [0.29, 0.717) is 0 Å². The molecule has 0 aromatic carbocycles. The van der Waals surface area contributed by atoms with Crippen molar-refractivity contribution in [2.75, 3.05) is 26.2 Å². The maximum atomic E-state index is 3.62. The molecule has 1 aliphatic heterocycles. The van der Waals surface area contributed by atoms with Gasteiger partial charge in [0.05, 0.1) is 0 Å². The summed E-state index contributed by atoms with van der Waals surface area (Å²) in [6.07, 6.45) is 8.76. The molecule has 100 valence electrons. The summed E-state index contributed by atoms with van der Waals surface area (Å²) in [7, 11) is 0. The van der Waals surface area contributed by atoms with E-state index >= 15 is 0 Å². The molecule has 2 heteroatoms. The van der Waals surface area contributed by atoms with Crippen LogP contribution in [0.1, 0.15) is 52.4 Å². The molecule has 1 N–H and O–H groups in total. The second-order valence-corrected chi connectivity index (χ2v) is 6.49. The number of likely N-dealkylation sites (tertiary alicyclic amines) is 1. The maximum absolute atomic E-state index is 3.62. The van der Waals surface area contributed by atoms with Crippen LogP contribution in [0.15, 0.2) is 0 Å². The van der Waals surface area contributed by atoms with E-state index < -0.39 is 0 Å². The molecule has 1 aliphatic carbocycles. The van der Waals surface area contributed by atoms with E-state index in [9.17, 15) is 0 Å². The standard InChI is InChI=1S/C15H30N2/c1-13(2)10-16-11-14-8-9-17(12-14)15-6-4-3-5-7-15/h13-16H,3-12H2,1-2H3. The largest absolute Gasteiger partial charge is 0.316 e. The van der Waals surface area contributed by atoms with Crippen LogP contribution in [0.2, 0.25) is 0 Å². The lowest BCUT2D eigenvalue weighted by molar-refractivity contribution is 0.184. The van der Waals surface area contributed by atoms with Crippen molar-refractivity contribution in [2.24, 2.45) is 11.8 Å². The lowest BCUT2D eigenvalue weighted by Crippen LogP contribution is -2.36. The smallest absolute Gasteiger partial charge is 0.00953 e. The van der Waals surface area contributed by atoms with Crippen molar-refractivity contribution in [2.45, 2.75) is 58.4 Å². The molecule has 17 heavy (non-hydrogen) atoms. The van der Waals surface area contributed by atoms with Gasteiger partial charge in [-0.2, -0.15) is 0 Å². The van der Waals surface area contributed by atoms with Crippen LogP contribution in [0.25, 0.3) is 0 Å². The summed E-state index contributed by atoms with van der Waals surface area (Å²) in [6.45, 7) is 9.71. The van der Waals surface area contributed by atoms with Gasteiger partial charge >= 0.3 is 0 Å². The predicted molar refractivity (Wildman–Crippen MR) is 74.3 cm³/mol. The van der Waals surface area contributed by atoms with Gasteiger partial charge in [0.1, 0.15) is 0 Å². The average molecular weight is 238 g/mol. The van der Waals surface area contributed by atoms with Gasteiger partial charge in [-0.3, -0.25) is 0 Å². The number of nitrogens with zero attached hydrogens (tertiary/aromatic N) is 1. The molecule has 1 unspecified atom stereocenters. The van der Waals surface area contributed by atoms with Gasteiger partial charge in [0.25, 0.3) is 0 Å². The first kappa shape index (κ1) is 13.4. The monoisotopic (exact) mass is 238 g/mol. The van der Waals surface area contributed by atoms with E-state index in [2.05, 4.69) is 24.1 Å². The fraction of sp³-hybridized carbons (Fsp3) is 1.00. The lowest BCUT2D eigenvalue weighted by Gasteiger charge is -2.31. The van der Waals surface area contributed by atoms with Crippen LogP contribution in [0.4, 0.5) is 0 Å². The average Bonchev–Trinajstić information content (AvgIpc) is 2.78. The third kappa shape index (κ3) is 4.26. The van der Waals surface area contributed by atoms with E-state index in [0.717, 1.165) is 17.9 Å². The third-order valence-electron chi connectivity index (χ3n) is 4.39. The zero-order valence-electron chi connectivity index (χ0n) is 11.8. The second kappa shape index (κ2) is 6.75. The predicted octanol–water partition coefficient (Wildman–Crippen LogP) is 2.89. The quantitative estimate of drug-likeness (QED) is 0.792. The Bertz CT molecular complexity index is 209. The highest BCUT2D eigenvalue weighted by Crippen LogP contribution is 2.27. The van der Waals surface area contributed by atoms with Gasteiger partial charge in [0, 0.05) is 12.6 Å². The van der Waals surface area contributed by atoms with E-state index in [1.807, 2.05) is 0 Å². The molecular weight excluding hydrogens is 208 g/mol. The minimum absolute atomic E-state index is 0.783. The Morgan fingerprint density at radius 3 is 2.59 bits per heavy atom. The van der Waals surface area contributed by atoms with Gasteiger partial charge < -0.3 is 10.2 Å². The number of rotatable bonds is 5. The summed E-state index contributed by atoms with van der Waals surface area (Å²) in [5.41, 5.74) is 0. The summed E-state index contributed by atoms with van der Waals surface area (Å²) in [6, 6.07) is 0.929. The Morgan fingerprint density at radius 1 is 1.12 bits per heavy atom. The van der Waals surface area contributed by atoms with Crippen LogP contribution in [-0.2, 0) is 0 Å². The van der Waals surface area contributed by atoms with Gasteiger partial charge in [-0.05, 0) is 50.7 Å². The molecule has 0 spiro atoms. The van der Waals surface area contributed by atoms with Gasteiger partial charge in [-0.25, -0.2) is 0 Å². The van der Waals surface area contributed by atoms with Crippen LogP contribution in [0, 0.1) is 11.8 Å². The van der Waals surface area contributed by atoms with Crippen LogP contribution in [-0.4, -0.2) is 37.1 Å². The van der Waals surface area contributed by atoms with Crippen LogP contribution < -0.4 is 5.32 Å². The molecule has 0 aromatic rings. The summed E-state index contributed by atoms with van der Waals surface area (Å²) in [5, 5.41) is 3.62. The van der Waals surface area contributed by atoms with Crippen molar-refractivity contribution in [3.63, 3.8) is 0 Å². The molecule has 0 aromatic heterocycles. The van der Waals surface area contributed by atoms with Crippen LogP contribution in [0.5, 0.6) is 0 Å². The number of hydrogen-bond acceptors (Lipinski definition) is 2. The zero-order chi connectivity index (χ0) is 12.1. The van der Waals surface area contributed by atoms with Crippen LogP contribution >= 0.6 is 0 Å². The van der Waals surface area contributed by atoms with Crippen molar-refractivity contribution < 1.29 is 0 Å². The zero-order valence-corrected chi connectivity index (χ0v) is 11.8. The molecule has 2 rings (SSSR count). The van der Waals surface area contributed by atoms with E-state index in [1.54, 1.807) is 0 Å². The Morgan fingerprint density at radius 2 is 1.88 bits per heavy atom. The first-order valence-corrected chi connectivity index (χ1v) is 7.70. The normalized spacial score (nSPS) is 28.1. The lowest BCUT2D eigenvalue weighted by atomic mass is 9.94. The minimum Gasteiger partial charge on any atom is -0.316 e. The van der Waals surface area contributed by atoms with Gasteiger partial charge in [-0.15, -0.1) is 0 Å². The maximum Gasteiger partial charge on any atom is 0.00953 e. The number of hydrogen-bond donors (Lipinski definition) is 1. The summed E-state index contributed by atoms with van der Waals surface area (Å²) >= 11 is 0. The molecule has 0 radical (unpaired) electrons. The topological polar surface area (TPSA) is 15.3 Å². The van der Waals surface area contributed by atoms with E-state index in [1.165, 1.54) is 64.7 Å². The highest BCUT2D eigenvalue weighted by molar-refractivity contribution is 4.84. The molecule has 0 amide bonds. The van der Waals surface area contributed by atoms with Crippen molar-refractivity contribution in [1.29, 1.82) is 0 Å². The van der Waals surface area contributed by atoms with Crippen LogP contribution in [0.3, 0.4) is 0 Å². The van der Waals surface area contributed by atoms with Gasteiger partial charge in [0.2, 0.25) is 0 Å². The fourth-order valence-electron chi connectivity index (χ4n) is 3.38. The molecule has 1 atom stereocenters. The molecule has 2 nitrogen and oxygen atoms in total. The van der Waals surface area contributed by atoms with Crippen molar-refractivity contribution in [1.82, 2.24) is 10.2 Å². The van der Waals surface area contributed by atoms with E-state index in [4.69, 9.17) is 0 Å². The molecule has 1 saturated heterocycles. The fourth-order valence-corrected chi connectivity index (χ4v) is 3.38. The highest BCUT2D eigenvalue weighted by atomic mass is 15.2. The third-order valence-corrected chi connectivity index (χ3v) is 4.39. The number of nitrogens with one attached hydrogen (secondary N) is 1. The summed E-state index contributed by atoms with van der Waals surface area (Å²) in [5.74, 6) is 1.70. The minimum atomic E-state index is 0.783. The molecular formula is C15H30N2. The molecule has 0 bridgehead atoms. The van der Waals surface area contributed by atoms with Crippen molar-refractivity contribution in [3.8, 4) is 0 Å². The second-order valence-electron chi connectivity index (χ2n) is 6.49.